The van der Waals surface area contributed by atoms with E-state index in [1.165, 1.54) is 35.0 Å². The van der Waals surface area contributed by atoms with Crippen LogP contribution in [0.2, 0.25) is 15.6 Å². The van der Waals surface area contributed by atoms with Crippen molar-refractivity contribution >= 4 is 97.8 Å². The lowest BCUT2D eigenvalue weighted by Crippen LogP contribution is -2.29. The molecular formula is C56H53Cl3N14O4. The van der Waals surface area contributed by atoms with Crippen molar-refractivity contribution in [1.82, 2.24) is 49.7 Å². The number of pyridine rings is 4. The topological polar surface area (TPSA) is 240 Å². The van der Waals surface area contributed by atoms with Gasteiger partial charge in [0.25, 0.3) is 23.6 Å². The van der Waals surface area contributed by atoms with Crippen LogP contribution in [0.5, 0.6) is 0 Å². The molecule has 2 fully saturated rings. The Bertz CT molecular complexity index is 3380. The third-order valence-electron chi connectivity index (χ3n) is 14.2. The molecule has 2 saturated carbocycles. The van der Waals surface area contributed by atoms with E-state index in [-0.39, 0.29) is 42.0 Å². The van der Waals surface area contributed by atoms with E-state index in [4.69, 9.17) is 40.5 Å². The van der Waals surface area contributed by atoms with E-state index in [9.17, 15) is 19.2 Å². The van der Waals surface area contributed by atoms with Gasteiger partial charge in [-0.05, 0) is 142 Å². The highest BCUT2D eigenvalue weighted by molar-refractivity contribution is 6.34. The average Bonchev–Trinajstić information content (AvgIpc) is 3.91. The smallest absolute Gasteiger partial charge is 0.261 e. The standard InChI is InChI=1S/C28H26ClN7O2.C15H19ClN4.C13H8ClN3O2/c29-25-24-19(11-12-30-25)7-10-23(35-24)34-20-8-5-17(6-9-20)13-31-28-32-14-18(15-33-28)16-36-26(37)21-3-1-2-4-22(21)27(36)38;16-15-14-11(7-8-18-15)3-6-13(20-14)19-12-4-1-10(9-17)2-5-12;14-13-15-5-8(6-16-13)7-17-11(18)9-3-1-2-4-10(9)12(17)19/h1-4,7,10-12,14-15,17,20H,5-6,8-9,13,16H2,(H,34,35)(H,31,32,33);3,6-8,10,12H,1-2,4-5,9,17H2,(H,19,20);1-6H,7H2. The molecule has 6 aromatic heterocycles. The Morgan fingerprint density at radius 3 is 1.31 bits per heavy atom. The Labute approximate surface area is 458 Å². The Hall–Kier alpha value is -7.77. The van der Waals surface area contributed by atoms with Crippen LogP contribution >= 0.6 is 34.8 Å². The normalized spacial score (nSPS) is 18.8. The second kappa shape index (κ2) is 24.1. The van der Waals surface area contributed by atoms with Crippen molar-refractivity contribution in [2.24, 2.45) is 17.6 Å². The van der Waals surface area contributed by atoms with Crippen molar-refractivity contribution in [2.75, 3.05) is 29.0 Å². The Balaban J connectivity index is 0.000000145. The minimum absolute atomic E-state index is 0.131. The fourth-order valence-corrected chi connectivity index (χ4v) is 10.5. The molecule has 0 radical (unpaired) electrons. The molecule has 4 aliphatic rings. The molecule has 8 aromatic rings. The molecule has 5 N–H and O–H groups in total. The van der Waals surface area contributed by atoms with Crippen molar-refractivity contribution in [3.63, 3.8) is 0 Å². The summed E-state index contributed by atoms with van der Waals surface area (Å²) in [6.07, 6.45) is 18.7. The number of fused-ring (bicyclic) bond motifs is 4. The van der Waals surface area contributed by atoms with Gasteiger partial charge >= 0.3 is 0 Å². The predicted octanol–water partition coefficient (Wildman–Crippen LogP) is 10.1. The third kappa shape index (κ3) is 12.4. The van der Waals surface area contributed by atoms with E-state index in [0.29, 0.717) is 79.1 Å². The molecule has 77 heavy (non-hydrogen) atoms. The first kappa shape index (κ1) is 52.7. The molecule has 8 heterocycles. The molecule has 0 saturated heterocycles. The van der Waals surface area contributed by atoms with Crippen LogP contribution in [-0.2, 0) is 13.1 Å². The van der Waals surface area contributed by atoms with Crippen molar-refractivity contribution in [1.29, 1.82) is 0 Å². The number of nitrogens with one attached hydrogen (secondary N) is 3. The first-order chi connectivity index (χ1) is 37.5. The minimum Gasteiger partial charge on any atom is -0.367 e. The van der Waals surface area contributed by atoms with Crippen molar-refractivity contribution in [3.8, 4) is 0 Å². The number of aromatic nitrogens is 8. The molecule has 0 atom stereocenters. The molecule has 2 aromatic carbocycles. The largest absolute Gasteiger partial charge is 0.367 e. The van der Waals surface area contributed by atoms with Crippen LogP contribution in [0.15, 0.2) is 122 Å². The average molecular weight is 1090 g/mol. The zero-order chi connectivity index (χ0) is 53.4. The molecule has 21 heteroatoms. The van der Waals surface area contributed by atoms with Gasteiger partial charge in [0.05, 0.1) is 35.3 Å². The predicted molar refractivity (Wildman–Crippen MR) is 296 cm³/mol. The number of halogens is 3. The van der Waals surface area contributed by atoms with Gasteiger partial charge in [-0.25, -0.2) is 39.9 Å². The SMILES string of the molecule is NCC1CCC(Nc2ccc3ccnc(Cl)c3n2)CC1.O=C1c2ccccc2C(=O)N1Cc1cnc(Cl)nc1.O=C1c2ccccc2C(=O)N1Cc1cnc(NCC2CCC(Nc3ccc4ccnc(Cl)c4n3)CC2)nc1. The van der Waals surface area contributed by atoms with Crippen molar-refractivity contribution in [3.05, 3.63) is 171 Å². The van der Waals surface area contributed by atoms with Gasteiger partial charge in [-0.1, -0.05) is 47.5 Å². The molecule has 12 rings (SSSR count). The summed E-state index contributed by atoms with van der Waals surface area (Å²) in [4.78, 5) is 85.7. The lowest BCUT2D eigenvalue weighted by atomic mass is 9.86. The quantitative estimate of drug-likeness (QED) is 0.0505. The van der Waals surface area contributed by atoms with E-state index >= 15 is 0 Å². The Morgan fingerprint density at radius 1 is 0.494 bits per heavy atom. The fourth-order valence-electron chi connectivity index (χ4n) is 9.97. The minimum atomic E-state index is -0.296. The summed E-state index contributed by atoms with van der Waals surface area (Å²) in [6.45, 7) is 1.89. The van der Waals surface area contributed by atoms with E-state index in [2.05, 4.69) is 55.8 Å². The van der Waals surface area contributed by atoms with Gasteiger partial charge in [0.2, 0.25) is 11.2 Å². The van der Waals surface area contributed by atoms with E-state index in [1.54, 1.807) is 73.3 Å². The Morgan fingerprint density at radius 2 is 0.896 bits per heavy atom. The number of rotatable bonds is 12. The maximum absolute atomic E-state index is 12.6. The van der Waals surface area contributed by atoms with Crippen LogP contribution in [-0.4, -0.2) is 98.5 Å². The number of hydrogen-bond acceptors (Lipinski definition) is 16. The van der Waals surface area contributed by atoms with Crippen LogP contribution in [0.3, 0.4) is 0 Å². The van der Waals surface area contributed by atoms with E-state index in [0.717, 1.165) is 79.5 Å². The van der Waals surface area contributed by atoms with Crippen LogP contribution < -0.4 is 21.7 Å². The number of nitrogens with two attached hydrogens (primary N) is 1. The monoisotopic (exact) mass is 1090 g/mol. The van der Waals surface area contributed by atoms with Crippen LogP contribution in [0.1, 0.15) is 104 Å². The molecule has 18 nitrogen and oxygen atoms in total. The summed E-state index contributed by atoms with van der Waals surface area (Å²) < 4.78 is 0. The van der Waals surface area contributed by atoms with Gasteiger partial charge < -0.3 is 21.7 Å². The number of nitrogens with zero attached hydrogens (tertiary/aromatic N) is 10. The van der Waals surface area contributed by atoms with Crippen LogP contribution in [0, 0.1) is 11.8 Å². The molecule has 0 bridgehead atoms. The van der Waals surface area contributed by atoms with Gasteiger partial charge in [-0.3, -0.25) is 29.0 Å². The van der Waals surface area contributed by atoms with Gasteiger partial charge in [0.15, 0.2) is 10.3 Å². The zero-order valence-electron chi connectivity index (χ0n) is 41.7. The fraction of sp³-hybridized carbons (Fsp3) is 0.286. The van der Waals surface area contributed by atoms with Crippen LogP contribution in [0.25, 0.3) is 21.8 Å². The summed E-state index contributed by atoms with van der Waals surface area (Å²) in [5, 5.41) is 13.4. The van der Waals surface area contributed by atoms with E-state index in [1.807, 2.05) is 36.4 Å². The highest BCUT2D eigenvalue weighted by Crippen LogP contribution is 2.31. The maximum atomic E-state index is 12.6. The van der Waals surface area contributed by atoms with E-state index < -0.39 is 0 Å². The van der Waals surface area contributed by atoms with Gasteiger partial charge in [0, 0.05) is 77.7 Å². The summed E-state index contributed by atoms with van der Waals surface area (Å²) >= 11 is 17.9. The molecule has 2 aliphatic heterocycles. The van der Waals surface area contributed by atoms with Crippen LogP contribution in [0.4, 0.5) is 17.6 Å². The molecule has 392 valence electrons. The number of benzene rings is 2. The molecule has 0 unspecified atom stereocenters. The van der Waals surface area contributed by atoms with Gasteiger partial charge in [-0.15, -0.1) is 0 Å². The molecule has 0 spiro atoms. The first-order valence-corrected chi connectivity index (χ1v) is 26.6. The zero-order valence-corrected chi connectivity index (χ0v) is 43.9. The maximum Gasteiger partial charge on any atom is 0.261 e. The highest BCUT2D eigenvalue weighted by atomic mass is 35.5. The number of carbonyl (C=O) groups is 4. The van der Waals surface area contributed by atoms with Gasteiger partial charge in [0.1, 0.15) is 22.7 Å². The van der Waals surface area contributed by atoms with Crippen molar-refractivity contribution < 1.29 is 19.2 Å². The number of hydrogen-bond donors (Lipinski definition) is 4. The number of carbonyl (C=O) groups excluding carboxylic acids is 4. The number of anilines is 3. The first-order valence-electron chi connectivity index (χ1n) is 25.4. The number of amides is 4. The van der Waals surface area contributed by atoms with Gasteiger partial charge in [-0.2, -0.15) is 0 Å². The molecule has 4 amide bonds. The second-order valence-electron chi connectivity index (χ2n) is 19.3. The lowest BCUT2D eigenvalue weighted by molar-refractivity contribution is 0.0627. The summed E-state index contributed by atoms with van der Waals surface area (Å²) in [5.74, 6) is 2.31. The molecular weight excluding hydrogens is 1040 g/mol. The van der Waals surface area contributed by atoms with Crippen molar-refractivity contribution in [2.45, 2.75) is 76.5 Å². The Kier molecular flexibility index (Phi) is 16.5. The lowest BCUT2D eigenvalue weighted by Gasteiger charge is -2.29. The summed E-state index contributed by atoms with van der Waals surface area (Å²) in [7, 11) is 0. The highest BCUT2D eigenvalue weighted by Gasteiger charge is 2.36. The summed E-state index contributed by atoms with van der Waals surface area (Å²) in [6, 6.07) is 26.4. The number of imide groups is 2. The summed E-state index contributed by atoms with van der Waals surface area (Å²) in [5.41, 5.74) is 10.3. The third-order valence-corrected chi connectivity index (χ3v) is 15.0. The second-order valence-corrected chi connectivity index (χ2v) is 20.4. The molecule has 2 aliphatic carbocycles.